The molecule has 1 heterocycles. The van der Waals surface area contributed by atoms with E-state index < -0.39 is 0 Å². The lowest BCUT2D eigenvalue weighted by Gasteiger charge is -2.35. The molecule has 0 atom stereocenters. The number of hydrogen-bond acceptors (Lipinski definition) is 2. The first kappa shape index (κ1) is 15.9. The summed E-state index contributed by atoms with van der Waals surface area (Å²) < 4.78 is 5.94. The minimum absolute atomic E-state index is 0.265. The molecule has 0 aromatic heterocycles. The minimum atomic E-state index is -0.273. The first-order valence-electron chi connectivity index (χ1n) is 7.86. The van der Waals surface area contributed by atoms with E-state index in [2.05, 4.69) is 13.0 Å². The molecular formula is C18H27NO2. The van der Waals surface area contributed by atoms with Crippen LogP contribution < -0.4 is 4.74 Å². The third-order valence-electron chi connectivity index (χ3n) is 4.11. The van der Waals surface area contributed by atoms with Crippen LogP contribution in [0.3, 0.4) is 0 Å². The second kappa shape index (κ2) is 6.50. The zero-order valence-electron chi connectivity index (χ0n) is 13.7. The maximum Gasteiger partial charge on any atom is 0.227 e. The van der Waals surface area contributed by atoms with E-state index in [1.54, 1.807) is 0 Å². The quantitative estimate of drug-likeness (QED) is 0.850. The van der Waals surface area contributed by atoms with Crippen LogP contribution in [0.5, 0.6) is 5.75 Å². The number of benzene rings is 1. The van der Waals surface area contributed by atoms with Crippen LogP contribution >= 0.6 is 0 Å². The van der Waals surface area contributed by atoms with Gasteiger partial charge in [-0.25, -0.2) is 0 Å². The van der Waals surface area contributed by atoms with Crippen molar-refractivity contribution in [2.75, 3.05) is 19.7 Å². The first-order chi connectivity index (χ1) is 9.88. The molecule has 1 saturated heterocycles. The third-order valence-corrected chi connectivity index (χ3v) is 4.11. The Labute approximate surface area is 128 Å². The Morgan fingerprint density at radius 2 is 1.86 bits per heavy atom. The van der Waals surface area contributed by atoms with Crippen molar-refractivity contribution in [1.29, 1.82) is 0 Å². The summed E-state index contributed by atoms with van der Waals surface area (Å²) in [6, 6.07) is 8.12. The van der Waals surface area contributed by atoms with Crippen molar-refractivity contribution < 1.29 is 9.53 Å². The molecule has 1 amide bonds. The summed E-state index contributed by atoms with van der Waals surface area (Å²) in [6.45, 7) is 10.5. The zero-order valence-corrected chi connectivity index (χ0v) is 13.7. The van der Waals surface area contributed by atoms with Gasteiger partial charge in [-0.1, -0.05) is 39.0 Å². The van der Waals surface area contributed by atoms with Crippen molar-refractivity contribution in [1.82, 2.24) is 4.90 Å². The van der Waals surface area contributed by atoms with Crippen LogP contribution in [-0.2, 0) is 4.79 Å². The van der Waals surface area contributed by atoms with Crippen LogP contribution in [0.2, 0.25) is 0 Å². The minimum Gasteiger partial charge on any atom is -0.493 e. The molecule has 0 spiro atoms. The molecule has 1 aromatic carbocycles. The second-order valence-corrected chi connectivity index (χ2v) is 7.06. The highest BCUT2D eigenvalue weighted by Gasteiger charge is 2.30. The predicted octanol–water partition coefficient (Wildman–Crippen LogP) is 3.66. The van der Waals surface area contributed by atoms with Crippen molar-refractivity contribution in [3.8, 4) is 5.75 Å². The monoisotopic (exact) mass is 289 g/mol. The predicted molar refractivity (Wildman–Crippen MR) is 85.4 cm³/mol. The summed E-state index contributed by atoms with van der Waals surface area (Å²) in [5.41, 5.74) is 0.905. The number of ether oxygens (including phenoxy) is 1. The van der Waals surface area contributed by atoms with Gasteiger partial charge in [0.15, 0.2) is 0 Å². The van der Waals surface area contributed by atoms with Gasteiger partial charge in [0, 0.05) is 18.5 Å². The highest BCUT2D eigenvalue weighted by Crippen LogP contribution is 2.25. The molecule has 3 nitrogen and oxygen atoms in total. The molecule has 1 fully saturated rings. The summed E-state index contributed by atoms with van der Waals surface area (Å²) in [6.07, 6.45) is 2.07. The van der Waals surface area contributed by atoms with Crippen LogP contribution in [0.25, 0.3) is 0 Å². The van der Waals surface area contributed by atoms with E-state index in [4.69, 9.17) is 4.74 Å². The fraction of sp³-hybridized carbons (Fsp3) is 0.611. The second-order valence-electron chi connectivity index (χ2n) is 7.06. The highest BCUT2D eigenvalue weighted by molar-refractivity contribution is 5.81. The average Bonchev–Trinajstić information content (AvgIpc) is 2.45. The molecular weight excluding hydrogens is 262 g/mol. The van der Waals surface area contributed by atoms with Gasteiger partial charge in [-0.15, -0.1) is 0 Å². The van der Waals surface area contributed by atoms with E-state index >= 15 is 0 Å². The molecule has 0 aliphatic carbocycles. The van der Waals surface area contributed by atoms with Crippen molar-refractivity contribution in [3.63, 3.8) is 0 Å². The number of piperidine rings is 1. The lowest BCUT2D eigenvalue weighted by atomic mass is 9.91. The van der Waals surface area contributed by atoms with Crippen molar-refractivity contribution >= 4 is 5.91 Å². The van der Waals surface area contributed by atoms with Crippen molar-refractivity contribution in [2.24, 2.45) is 11.3 Å². The van der Waals surface area contributed by atoms with Gasteiger partial charge < -0.3 is 9.64 Å². The van der Waals surface area contributed by atoms with E-state index in [0.29, 0.717) is 5.92 Å². The van der Waals surface area contributed by atoms with E-state index in [1.165, 1.54) is 5.56 Å². The Kier molecular flexibility index (Phi) is 4.92. The van der Waals surface area contributed by atoms with Crippen LogP contribution in [0.1, 0.15) is 39.2 Å². The molecule has 116 valence electrons. The Morgan fingerprint density at radius 1 is 1.24 bits per heavy atom. The molecule has 21 heavy (non-hydrogen) atoms. The Balaban J connectivity index is 1.80. The van der Waals surface area contributed by atoms with Gasteiger partial charge in [0.25, 0.3) is 0 Å². The number of carbonyl (C=O) groups excluding carboxylic acids is 1. The molecule has 1 aliphatic heterocycles. The third kappa shape index (κ3) is 4.23. The van der Waals surface area contributed by atoms with Gasteiger partial charge in [0.2, 0.25) is 5.91 Å². The molecule has 1 aliphatic rings. The lowest BCUT2D eigenvalue weighted by Crippen LogP contribution is -2.44. The highest BCUT2D eigenvalue weighted by atomic mass is 16.5. The maximum atomic E-state index is 12.2. The van der Waals surface area contributed by atoms with E-state index in [1.807, 2.05) is 43.9 Å². The van der Waals surface area contributed by atoms with E-state index in [9.17, 15) is 4.79 Å². The Bertz CT molecular complexity index is 482. The smallest absolute Gasteiger partial charge is 0.227 e. The maximum absolute atomic E-state index is 12.2. The number of likely N-dealkylation sites (tertiary alicyclic amines) is 1. The zero-order chi connectivity index (χ0) is 15.5. The summed E-state index contributed by atoms with van der Waals surface area (Å²) >= 11 is 0. The van der Waals surface area contributed by atoms with Crippen LogP contribution in [-0.4, -0.2) is 30.5 Å². The number of carbonyl (C=O) groups is 1. The number of aryl methyl sites for hydroxylation is 1. The standard InChI is InChI=1S/C18H27NO2/c1-14-7-5-6-8-16(14)21-13-15-9-11-19(12-10-15)17(20)18(2,3)4/h5-8,15H,9-13H2,1-4H3. The molecule has 3 heteroatoms. The van der Waals surface area contributed by atoms with Gasteiger partial charge in [0.05, 0.1) is 6.61 Å². The number of para-hydroxylation sites is 1. The Hall–Kier alpha value is -1.51. The van der Waals surface area contributed by atoms with Crippen LogP contribution in [0.15, 0.2) is 24.3 Å². The van der Waals surface area contributed by atoms with E-state index in [0.717, 1.165) is 38.3 Å². The molecule has 2 rings (SSSR count). The van der Waals surface area contributed by atoms with Crippen LogP contribution in [0.4, 0.5) is 0 Å². The average molecular weight is 289 g/mol. The molecule has 0 unspecified atom stereocenters. The molecule has 0 bridgehead atoms. The normalized spacial score (nSPS) is 16.9. The summed E-state index contributed by atoms with van der Waals surface area (Å²) in [5, 5.41) is 0. The van der Waals surface area contributed by atoms with Gasteiger partial charge in [-0.05, 0) is 37.3 Å². The number of hydrogen-bond donors (Lipinski definition) is 0. The summed E-state index contributed by atoms with van der Waals surface area (Å²) in [4.78, 5) is 14.2. The molecule has 0 N–H and O–H groups in total. The van der Waals surface area contributed by atoms with Gasteiger partial charge in [-0.2, -0.15) is 0 Å². The topological polar surface area (TPSA) is 29.5 Å². The van der Waals surface area contributed by atoms with Crippen molar-refractivity contribution in [3.05, 3.63) is 29.8 Å². The van der Waals surface area contributed by atoms with Crippen molar-refractivity contribution in [2.45, 2.75) is 40.5 Å². The van der Waals surface area contributed by atoms with E-state index in [-0.39, 0.29) is 11.3 Å². The van der Waals surface area contributed by atoms with Gasteiger partial charge >= 0.3 is 0 Å². The lowest BCUT2D eigenvalue weighted by molar-refractivity contribution is -0.141. The van der Waals surface area contributed by atoms with Gasteiger partial charge in [0.1, 0.15) is 5.75 Å². The van der Waals surface area contributed by atoms with Crippen LogP contribution in [0, 0.1) is 18.3 Å². The Morgan fingerprint density at radius 3 is 2.43 bits per heavy atom. The fourth-order valence-electron chi connectivity index (χ4n) is 2.70. The fourth-order valence-corrected chi connectivity index (χ4v) is 2.70. The molecule has 0 saturated carbocycles. The number of rotatable bonds is 3. The summed E-state index contributed by atoms with van der Waals surface area (Å²) in [5.74, 6) is 1.79. The molecule has 0 radical (unpaired) electrons. The van der Waals surface area contributed by atoms with Gasteiger partial charge in [-0.3, -0.25) is 4.79 Å². The molecule has 1 aromatic rings. The summed E-state index contributed by atoms with van der Waals surface area (Å²) in [7, 11) is 0. The largest absolute Gasteiger partial charge is 0.493 e. The SMILES string of the molecule is Cc1ccccc1OCC1CCN(C(=O)C(C)(C)C)CC1. The first-order valence-corrected chi connectivity index (χ1v) is 7.86. The number of nitrogens with zero attached hydrogens (tertiary/aromatic N) is 1. The number of amides is 1.